The number of hydrogen-bond acceptors (Lipinski definition) is 4. The predicted octanol–water partition coefficient (Wildman–Crippen LogP) is 2.94. The lowest BCUT2D eigenvalue weighted by atomic mass is 10.2. The molecular formula is C19H18ClN3O2. The fraction of sp³-hybridized carbons (Fsp3) is 0.263. The molecule has 0 saturated carbocycles. The summed E-state index contributed by atoms with van der Waals surface area (Å²) in [7, 11) is 0. The first-order valence-corrected chi connectivity index (χ1v) is 8.45. The highest BCUT2D eigenvalue weighted by atomic mass is 35.5. The van der Waals surface area contributed by atoms with E-state index in [0.717, 1.165) is 18.8 Å². The van der Waals surface area contributed by atoms with Crippen LogP contribution in [0.25, 0.3) is 0 Å². The molecule has 0 bridgehead atoms. The van der Waals surface area contributed by atoms with E-state index in [1.807, 2.05) is 18.2 Å². The summed E-state index contributed by atoms with van der Waals surface area (Å²) in [6, 6.07) is 16.6. The van der Waals surface area contributed by atoms with Crippen LogP contribution in [0.5, 0.6) is 5.75 Å². The number of rotatable bonds is 4. The topological polar surface area (TPSA) is 56.6 Å². The SMILES string of the molecule is N#Cc1cccc(N2CCN(C(=O)COc3ccc(Cl)cc3)CC2)c1. The van der Waals surface area contributed by atoms with E-state index in [-0.39, 0.29) is 12.5 Å². The molecule has 0 radical (unpaired) electrons. The van der Waals surface area contributed by atoms with Crippen molar-refractivity contribution in [3.63, 3.8) is 0 Å². The van der Waals surface area contributed by atoms with Crippen molar-refractivity contribution in [1.29, 1.82) is 5.26 Å². The van der Waals surface area contributed by atoms with Crippen molar-refractivity contribution in [2.75, 3.05) is 37.7 Å². The van der Waals surface area contributed by atoms with Gasteiger partial charge in [-0.3, -0.25) is 4.79 Å². The molecule has 3 rings (SSSR count). The van der Waals surface area contributed by atoms with E-state index in [9.17, 15) is 4.79 Å². The van der Waals surface area contributed by atoms with Gasteiger partial charge in [-0.15, -0.1) is 0 Å². The van der Waals surface area contributed by atoms with Crippen LogP contribution < -0.4 is 9.64 Å². The van der Waals surface area contributed by atoms with E-state index in [0.29, 0.717) is 29.4 Å². The van der Waals surface area contributed by atoms with Crippen molar-refractivity contribution in [3.8, 4) is 11.8 Å². The van der Waals surface area contributed by atoms with Gasteiger partial charge in [0.05, 0.1) is 11.6 Å². The molecule has 0 N–H and O–H groups in total. The van der Waals surface area contributed by atoms with Gasteiger partial charge in [0, 0.05) is 36.9 Å². The summed E-state index contributed by atoms with van der Waals surface area (Å²) >= 11 is 5.83. The van der Waals surface area contributed by atoms with E-state index >= 15 is 0 Å². The van der Waals surface area contributed by atoms with Crippen LogP contribution in [0.15, 0.2) is 48.5 Å². The average molecular weight is 356 g/mol. The lowest BCUT2D eigenvalue weighted by Gasteiger charge is -2.36. The number of piperazine rings is 1. The number of carbonyl (C=O) groups is 1. The van der Waals surface area contributed by atoms with E-state index in [2.05, 4.69) is 11.0 Å². The second-order valence-electron chi connectivity index (χ2n) is 5.77. The summed E-state index contributed by atoms with van der Waals surface area (Å²) < 4.78 is 5.52. The lowest BCUT2D eigenvalue weighted by molar-refractivity contribution is -0.133. The van der Waals surface area contributed by atoms with Crippen LogP contribution in [-0.4, -0.2) is 43.6 Å². The van der Waals surface area contributed by atoms with E-state index in [1.54, 1.807) is 35.2 Å². The van der Waals surface area contributed by atoms with Gasteiger partial charge in [0.25, 0.3) is 5.91 Å². The van der Waals surface area contributed by atoms with E-state index in [4.69, 9.17) is 21.6 Å². The summed E-state index contributed by atoms with van der Waals surface area (Å²) in [5, 5.41) is 9.64. The van der Waals surface area contributed by atoms with Crippen LogP contribution in [0.3, 0.4) is 0 Å². The molecular weight excluding hydrogens is 338 g/mol. The van der Waals surface area contributed by atoms with Gasteiger partial charge in [-0.25, -0.2) is 0 Å². The zero-order valence-electron chi connectivity index (χ0n) is 13.7. The molecule has 128 valence electrons. The van der Waals surface area contributed by atoms with Crippen molar-refractivity contribution in [1.82, 2.24) is 4.90 Å². The average Bonchev–Trinajstić information content (AvgIpc) is 2.67. The van der Waals surface area contributed by atoms with Gasteiger partial charge < -0.3 is 14.5 Å². The van der Waals surface area contributed by atoms with Crippen LogP contribution >= 0.6 is 11.6 Å². The molecule has 0 aliphatic carbocycles. The van der Waals surface area contributed by atoms with Crippen LogP contribution in [-0.2, 0) is 4.79 Å². The van der Waals surface area contributed by atoms with Crippen LogP contribution in [0.4, 0.5) is 5.69 Å². The molecule has 1 amide bonds. The van der Waals surface area contributed by atoms with Crippen molar-refractivity contribution < 1.29 is 9.53 Å². The summed E-state index contributed by atoms with van der Waals surface area (Å²) in [5.74, 6) is 0.602. The Hall–Kier alpha value is -2.71. The minimum Gasteiger partial charge on any atom is -0.484 e. The molecule has 0 atom stereocenters. The summed E-state index contributed by atoms with van der Waals surface area (Å²) in [6.45, 7) is 2.77. The number of nitrogens with zero attached hydrogens (tertiary/aromatic N) is 3. The first-order chi connectivity index (χ1) is 12.2. The predicted molar refractivity (Wildman–Crippen MR) is 96.9 cm³/mol. The van der Waals surface area contributed by atoms with E-state index in [1.165, 1.54) is 0 Å². The summed E-state index contributed by atoms with van der Waals surface area (Å²) in [6.07, 6.45) is 0. The van der Waals surface area contributed by atoms with Crippen LogP contribution in [0, 0.1) is 11.3 Å². The molecule has 1 saturated heterocycles. The fourth-order valence-corrected chi connectivity index (χ4v) is 2.88. The third-order valence-corrected chi connectivity index (χ3v) is 4.40. The molecule has 1 aliphatic rings. The minimum absolute atomic E-state index is 0.0194. The quantitative estimate of drug-likeness (QED) is 0.846. The number of halogens is 1. The number of anilines is 1. The molecule has 25 heavy (non-hydrogen) atoms. The molecule has 2 aromatic rings. The van der Waals surface area contributed by atoms with E-state index < -0.39 is 0 Å². The smallest absolute Gasteiger partial charge is 0.260 e. The molecule has 1 aliphatic heterocycles. The molecule has 2 aromatic carbocycles. The third kappa shape index (κ3) is 4.43. The zero-order chi connectivity index (χ0) is 17.6. The number of amides is 1. The monoisotopic (exact) mass is 355 g/mol. The van der Waals surface area contributed by atoms with Crippen molar-refractivity contribution >= 4 is 23.2 Å². The van der Waals surface area contributed by atoms with Gasteiger partial charge in [0.15, 0.2) is 6.61 Å². The maximum Gasteiger partial charge on any atom is 0.260 e. The van der Waals surface area contributed by atoms with Crippen molar-refractivity contribution in [2.45, 2.75) is 0 Å². The van der Waals surface area contributed by atoms with Gasteiger partial charge >= 0.3 is 0 Å². The first kappa shape index (κ1) is 17.1. The molecule has 1 heterocycles. The fourth-order valence-electron chi connectivity index (χ4n) is 2.75. The van der Waals surface area contributed by atoms with Gasteiger partial charge in [0.2, 0.25) is 0 Å². The van der Waals surface area contributed by atoms with Crippen molar-refractivity contribution in [3.05, 3.63) is 59.1 Å². The van der Waals surface area contributed by atoms with Crippen LogP contribution in [0.2, 0.25) is 5.02 Å². The first-order valence-electron chi connectivity index (χ1n) is 8.07. The third-order valence-electron chi connectivity index (χ3n) is 4.15. The lowest BCUT2D eigenvalue weighted by Crippen LogP contribution is -2.50. The highest BCUT2D eigenvalue weighted by Gasteiger charge is 2.21. The Labute approximate surface area is 152 Å². The number of carbonyl (C=O) groups excluding carboxylic acids is 1. The molecule has 0 unspecified atom stereocenters. The highest BCUT2D eigenvalue weighted by Crippen LogP contribution is 2.18. The maximum atomic E-state index is 12.3. The normalized spacial score (nSPS) is 14.1. The van der Waals surface area contributed by atoms with Crippen LogP contribution in [0.1, 0.15) is 5.56 Å². The molecule has 1 fully saturated rings. The second-order valence-corrected chi connectivity index (χ2v) is 6.21. The van der Waals surface area contributed by atoms with Gasteiger partial charge in [-0.1, -0.05) is 17.7 Å². The van der Waals surface area contributed by atoms with Gasteiger partial charge in [-0.05, 0) is 42.5 Å². The number of nitriles is 1. The number of ether oxygens (including phenoxy) is 1. The Morgan fingerprint density at radius 1 is 1.12 bits per heavy atom. The van der Waals surface area contributed by atoms with Gasteiger partial charge in [0.1, 0.15) is 5.75 Å². The largest absolute Gasteiger partial charge is 0.484 e. The summed E-state index contributed by atoms with van der Waals surface area (Å²) in [5.41, 5.74) is 1.66. The maximum absolute atomic E-state index is 12.3. The Kier molecular flexibility index (Phi) is 5.42. The standard InChI is InChI=1S/C19H18ClN3O2/c20-16-4-6-18(7-5-16)25-14-19(24)23-10-8-22(9-11-23)17-3-1-2-15(12-17)13-21/h1-7,12H,8-11,14H2. The Bertz CT molecular complexity index is 778. The molecule has 0 spiro atoms. The number of benzene rings is 2. The molecule has 6 heteroatoms. The number of hydrogen-bond donors (Lipinski definition) is 0. The molecule has 5 nitrogen and oxygen atoms in total. The Morgan fingerprint density at radius 3 is 2.52 bits per heavy atom. The highest BCUT2D eigenvalue weighted by molar-refractivity contribution is 6.30. The Balaban J connectivity index is 1.50. The minimum atomic E-state index is -0.0274. The van der Waals surface area contributed by atoms with Crippen molar-refractivity contribution in [2.24, 2.45) is 0 Å². The van der Waals surface area contributed by atoms with Gasteiger partial charge in [-0.2, -0.15) is 5.26 Å². The zero-order valence-corrected chi connectivity index (χ0v) is 14.4. The molecule has 0 aromatic heterocycles. The Morgan fingerprint density at radius 2 is 1.84 bits per heavy atom. The second kappa shape index (κ2) is 7.91. The summed E-state index contributed by atoms with van der Waals surface area (Å²) in [4.78, 5) is 16.3.